The molecule has 1 aromatic rings. The Balaban J connectivity index is 2.72. The first-order valence-electron chi connectivity index (χ1n) is 2.46. The standard InChI is InChI=1S/C5H6N2OS/c6-5-7-4(1-2-8)3-9-5/h2-3H,1H2,(H2,6,7). The molecule has 0 unspecified atom stereocenters. The lowest BCUT2D eigenvalue weighted by Crippen LogP contribution is -1.87. The summed E-state index contributed by atoms with van der Waals surface area (Å²) in [7, 11) is 0. The SMILES string of the molecule is Nc1nc(CC=O)cs1. The summed E-state index contributed by atoms with van der Waals surface area (Å²) in [6.07, 6.45) is 1.18. The number of carbonyl (C=O) groups excluding carboxylic acids is 1. The van der Waals surface area contributed by atoms with Crippen molar-refractivity contribution in [1.29, 1.82) is 0 Å². The molecular weight excluding hydrogens is 136 g/mol. The molecule has 0 radical (unpaired) electrons. The van der Waals surface area contributed by atoms with Crippen LogP contribution in [0.25, 0.3) is 0 Å². The minimum atomic E-state index is 0.369. The number of carbonyl (C=O) groups is 1. The van der Waals surface area contributed by atoms with Crippen LogP contribution in [-0.2, 0) is 11.2 Å². The molecule has 0 aliphatic rings. The van der Waals surface area contributed by atoms with Gasteiger partial charge in [-0.1, -0.05) is 0 Å². The van der Waals surface area contributed by atoms with Gasteiger partial charge < -0.3 is 10.5 Å². The quantitative estimate of drug-likeness (QED) is 0.610. The molecule has 0 spiro atoms. The fourth-order valence-corrected chi connectivity index (χ4v) is 1.08. The molecule has 0 aliphatic carbocycles. The number of nitrogens with zero attached hydrogens (tertiary/aromatic N) is 1. The van der Waals surface area contributed by atoms with E-state index in [4.69, 9.17) is 5.73 Å². The van der Waals surface area contributed by atoms with E-state index >= 15 is 0 Å². The number of aldehydes is 1. The Morgan fingerprint density at radius 2 is 2.67 bits per heavy atom. The Bertz CT molecular complexity index is 208. The van der Waals surface area contributed by atoms with Gasteiger partial charge in [0, 0.05) is 11.8 Å². The van der Waals surface area contributed by atoms with Crippen LogP contribution in [0.1, 0.15) is 5.69 Å². The molecule has 0 amide bonds. The van der Waals surface area contributed by atoms with Crippen LogP contribution >= 0.6 is 11.3 Å². The van der Waals surface area contributed by atoms with E-state index in [-0.39, 0.29) is 0 Å². The van der Waals surface area contributed by atoms with Gasteiger partial charge in [0.2, 0.25) is 0 Å². The summed E-state index contributed by atoms with van der Waals surface area (Å²) in [6.45, 7) is 0. The van der Waals surface area contributed by atoms with Crippen LogP contribution in [0.15, 0.2) is 5.38 Å². The maximum Gasteiger partial charge on any atom is 0.180 e. The van der Waals surface area contributed by atoms with E-state index < -0.39 is 0 Å². The van der Waals surface area contributed by atoms with Crippen molar-refractivity contribution < 1.29 is 4.79 Å². The fourth-order valence-electron chi connectivity index (χ4n) is 0.502. The number of thiazole rings is 1. The molecule has 0 fully saturated rings. The summed E-state index contributed by atoms with van der Waals surface area (Å²) < 4.78 is 0. The third-order valence-corrected chi connectivity index (χ3v) is 1.58. The van der Waals surface area contributed by atoms with Gasteiger partial charge in [-0.15, -0.1) is 11.3 Å². The molecule has 3 nitrogen and oxygen atoms in total. The Kier molecular flexibility index (Phi) is 1.79. The molecule has 0 bridgehead atoms. The zero-order valence-corrected chi connectivity index (χ0v) is 5.52. The minimum Gasteiger partial charge on any atom is -0.375 e. The number of nitrogen functional groups attached to an aromatic ring is 1. The van der Waals surface area contributed by atoms with Crippen molar-refractivity contribution in [2.45, 2.75) is 6.42 Å². The fraction of sp³-hybridized carbons (Fsp3) is 0.200. The van der Waals surface area contributed by atoms with Crippen LogP contribution in [0.3, 0.4) is 0 Å². The molecule has 1 heterocycles. The van der Waals surface area contributed by atoms with Gasteiger partial charge >= 0.3 is 0 Å². The first-order chi connectivity index (χ1) is 4.33. The predicted molar refractivity (Wildman–Crippen MR) is 36.3 cm³/mol. The smallest absolute Gasteiger partial charge is 0.180 e. The van der Waals surface area contributed by atoms with E-state index in [9.17, 15) is 4.79 Å². The van der Waals surface area contributed by atoms with Gasteiger partial charge in [0.1, 0.15) is 6.29 Å². The molecular formula is C5H6N2OS. The lowest BCUT2D eigenvalue weighted by molar-refractivity contribution is -0.107. The average Bonchev–Trinajstić information content (AvgIpc) is 2.17. The molecule has 1 aromatic heterocycles. The first kappa shape index (κ1) is 6.22. The Hall–Kier alpha value is -0.900. The maximum atomic E-state index is 9.91. The molecule has 4 heteroatoms. The highest BCUT2D eigenvalue weighted by Gasteiger charge is 1.94. The van der Waals surface area contributed by atoms with Gasteiger partial charge in [-0.2, -0.15) is 0 Å². The van der Waals surface area contributed by atoms with Crippen molar-refractivity contribution in [1.82, 2.24) is 4.98 Å². The summed E-state index contributed by atoms with van der Waals surface area (Å²) in [5.74, 6) is 0. The van der Waals surface area contributed by atoms with Crippen molar-refractivity contribution in [2.24, 2.45) is 0 Å². The lowest BCUT2D eigenvalue weighted by atomic mass is 10.4. The molecule has 0 aliphatic heterocycles. The number of hydrogen-bond acceptors (Lipinski definition) is 4. The molecule has 1 rings (SSSR count). The number of aromatic nitrogens is 1. The third-order valence-electron chi connectivity index (χ3n) is 0.862. The normalized spacial score (nSPS) is 9.33. The second-order valence-electron chi connectivity index (χ2n) is 1.55. The van der Waals surface area contributed by atoms with E-state index in [1.54, 1.807) is 5.38 Å². The van der Waals surface area contributed by atoms with Crippen molar-refractivity contribution in [3.8, 4) is 0 Å². The zero-order valence-electron chi connectivity index (χ0n) is 4.70. The van der Waals surface area contributed by atoms with E-state index in [0.29, 0.717) is 11.6 Å². The van der Waals surface area contributed by atoms with E-state index in [1.165, 1.54) is 11.3 Å². The number of rotatable bonds is 2. The monoisotopic (exact) mass is 142 g/mol. The van der Waals surface area contributed by atoms with Gasteiger partial charge in [-0.3, -0.25) is 0 Å². The van der Waals surface area contributed by atoms with Crippen LogP contribution in [0, 0.1) is 0 Å². The Morgan fingerprint density at radius 3 is 3.11 bits per heavy atom. The molecule has 0 saturated heterocycles. The summed E-state index contributed by atoms with van der Waals surface area (Å²) in [5, 5.41) is 2.30. The maximum absolute atomic E-state index is 9.91. The minimum absolute atomic E-state index is 0.369. The van der Waals surface area contributed by atoms with Crippen molar-refractivity contribution in [2.75, 3.05) is 5.73 Å². The van der Waals surface area contributed by atoms with Crippen LogP contribution < -0.4 is 5.73 Å². The highest BCUT2D eigenvalue weighted by Crippen LogP contribution is 2.10. The van der Waals surface area contributed by atoms with Crippen LogP contribution in [-0.4, -0.2) is 11.3 Å². The molecule has 2 N–H and O–H groups in total. The Morgan fingerprint density at radius 1 is 1.89 bits per heavy atom. The van der Waals surface area contributed by atoms with E-state index in [2.05, 4.69) is 4.98 Å². The van der Waals surface area contributed by atoms with Crippen LogP contribution in [0.2, 0.25) is 0 Å². The molecule has 0 atom stereocenters. The highest BCUT2D eigenvalue weighted by molar-refractivity contribution is 7.13. The van der Waals surface area contributed by atoms with Gasteiger partial charge in [-0.05, 0) is 0 Å². The van der Waals surface area contributed by atoms with Crippen LogP contribution in [0.4, 0.5) is 5.13 Å². The molecule has 0 saturated carbocycles. The van der Waals surface area contributed by atoms with Gasteiger partial charge in [0.25, 0.3) is 0 Å². The van der Waals surface area contributed by atoms with Crippen molar-refractivity contribution in [3.63, 3.8) is 0 Å². The summed E-state index contributed by atoms with van der Waals surface area (Å²) in [5.41, 5.74) is 6.06. The number of hydrogen-bond donors (Lipinski definition) is 1. The highest BCUT2D eigenvalue weighted by atomic mass is 32.1. The zero-order chi connectivity index (χ0) is 6.69. The summed E-state index contributed by atoms with van der Waals surface area (Å²) in [4.78, 5) is 13.8. The van der Waals surface area contributed by atoms with Crippen molar-refractivity contribution in [3.05, 3.63) is 11.1 Å². The summed E-state index contributed by atoms with van der Waals surface area (Å²) >= 11 is 1.35. The molecule has 9 heavy (non-hydrogen) atoms. The second kappa shape index (κ2) is 2.59. The van der Waals surface area contributed by atoms with E-state index in [0.717, 1.165) is 12.0 Å². The lowest BCUT2D eigenvalue weighted by Gasteiger charge is -1.79. The molecule has 48 valence electrons. The number of anilines is 1. The molecule has 0 aromatic carbocycles. The average molecular weight is 142 g/mol. The van der Waals surface area contributed by atoms with Crippen molar-refractivity contribution >= 4 is 22.8 Å². The Labute approximate surface area is 56.5 Å². The van der Waals surface area contributed by atoms with Gasteiger partial charge in [0.05, 0.1) is 5.69 Å². The van der Waals surface area contributed by atoms with E-state index in [1.807, 2.05) is 0 Å². The topological polar surface area (TPSA) is 56.0 Å². The third kappa shape index (κ3) is 1.50. The predicted octanol–water partition coefficient (Wildman–Crippen LogP) is 0.467. The largest absolute Gasteiger partial charge is 0.375 e. The number of nitrogens with two attached hydrogens (primary N) is 1. The second-order valence-corrected chi connectivity index (χ2v) is 2.44. The van der Waals surface area contributed by atoms with Crippen LogP contribution in [0.5, 0.6) is 0 Å². The van der Waals surface area contributed by atoms with Gasteiger partial charge in [0.15, 0.2) is 5.13 Å². The first-order valence-corrected chi connectivity index (χ1v) is 3.34. The summed E-state index contributed by atoms with van der Waals surface area (Å²) in [6, 6.07) is 0. The van der Waals surface area contributed by atoms with Gasteiger partial charge in [-0.25, -0.2) is 4.98 Å².